The van der Waals surface area contributed by atoms with Crippen LogP contribution in [0.3, 0.4) is 0 Å². The summed E-state index contributed by atoms with van der Waals surface area (Å²) < 4.78 is 25.4. The minimum absolute atomic E-state index is 0.0607. The SMILES string of the molecule is CNS(=O)(=O)c1ccc(CNC(=O)N2CCCC2)cc1. The summed E-state index contributed by atoms with van der Waals surface area (Å²) in [7, 11) is -2.03. The van der Waals surface area contributed by atoms with Crippen LogP contribution in [0.15, 0.2) is 29.2 Å². The molecule has 6 nitrogen and oxygen atoms in total. The summed E-state index contributed by atoms with van der Waals surface area (Å²) in [4.78, 5) is 13.8. The van der Waals surface area contributed by atoms with Crippen molar-refractivity contribution in [1.82, 2.24) is 14.9 Å². The first kappa shape index (κ1) is 14.8. The molecule has 0 aromatic heterocycles. The van der Waals surface area contributed by atoms with Gasteiger partial charge in [-0.05, 0) is 37.6 Å². The number of amides is 2. The second kappa shape index (κ2) is 6.23. The van der Waals surface area contributed by atoms with E-state index in [0.717, 1.165) is 31.5 Å². The van der Waals surface area contributed by atoms with Crippen molar-refractivity contribution >= 4 is 16.1 Å². The van der Waals surface area contributed by atoms with Gasteiger partial charge >= 0.3 is 6.03 Å². The van der Waals surface area contributed by atoms with E-state index in [4.69, 9.17) is 0 Å². The molecular formula is C13H19N3O3S. The van der Waals surface area contributed by atoms with Crippen LogP contribution in [-0.4, -0.2) is 39.5 Å². The Morgan fingerprint density at radius 3 is 2.35 bits per heavy atom. The number of nitrogens with zero attached hydrogens (tertiary/aromatic N) is 1. The van der Waals surface area contributed by atoms with Gasteiger partial charge in [0.15, 0.2) is 0 Å². The van der Waals surface area contributed by atoms with Crippen LogP contribution in [0.1, 0.15) is 18.4 Å². The monoisotopic (exact) mass is 297 g/mol. The van der Waals surface area contributed by atoms with Crippen LogP contribution >= 0.6 is 0 Å². The number of rotatable bonds is 4. The number of nitrogens with one attached hydrogen (secondary N) is 2. The van der Waals surface area contributed by atoms with Gasteiger partial charge in [0, 0.05) is 19.6 Å². The zero-order valence-corrected chi connectivity index (χ0v) is 12.2. The van der Waals surface area contributed by atoms with Gasteiger partial charge in [-0.1, -0.05) is 12.1 Å². The summed E-state index contributed by atoms with van der Waals surface area (Å²) in [5.74, 6) is 0. The highest BCUT2D eigenvalue weighted by Gasteiger charge is 2.17. The largest absolute Gasteiger partial charge is 0.334 e. The number of sulfonamides is 1. The molecule has 110 valence electrons. The standard InChI is InChI=1S/C13H19N3O3S/c1-14-20(18,19)12-6-4-11(5-7-12)10-15-13(17)16-8-2-3-9-16/h4-7,14H,2-3,8-10H2,1H3,(H,15,17). The van der Waals surface area contributed by atoms with Gasteiger partial charge in [0.1, 0.15) is 0 Å². The van der Waals surface area contributed by atoms with Gasteiger partial charge in [-0.2, -0.15) is 0 Å². The van der Waals surface area contributed by atoms with Crippen molar-refractivity contribution in [2.45, 2.75) is 24.3 Å². The molecule has 0 bridgehead atoms. The second-order valence-electron chi connectivity index (χ2n) is 4.70. The van der Waals surface area contributed by atoms with Crippen molar-refractivity contribution in [1.29, 1.82) is 0 Å². The summed E-state index contributed by atoms with van der Waals surface area (Å²) >= 11 is 0. The smallest absolute Gasteiger partial charge is 0.317 e. The van der Waals surface area contributed by atoms with Crippen molar-refractivity contribution in [3.63, 3.8) is 0 Å². The summed E-state index contributed by atoms with van der Waals surface area (Å²) in [6.45, 7) is 2.02. The van der Waals surface area contributed by atoms with E-state index in [1.807, 2.05) is 0 Å². The van der Waals surface area contributed by atoms with Crippen LogP contribution in [0.4, 0.5) is 4.79 Å². The quantitative estimate of drug-likeness (QED) is 0.866. The first-order chi connectivity index (χ1) is 9.53. The van der Waals surface area contributed by atoms with Crippen LogP contribution in [0.25, 0.3) is 0 Å². The van der Waals surface area contributed by atoms with Crippen molar-refractivity contribution in [2.24, 2.45) is 0 Å². The topological polar surface area (TPSA) is 78.5 Å². The molecule has 20 heavy (non-hydrogen) atoms. The van der Waals surface area contributed by atoms with Crippen LogP contribution in [-0.2, 0) is 16.6 Å². The molecule has 1 aromatic rings. The molecule has 1 aromatic carbocycles. The molecule has 0 saturated carbocycles. The van der Waals surface area contributed by atoms with Crippen LogP contribution < -0.4 is 10.0 Å². The summed E-state index contributed by atoms with van der Waals surface area (Å²) in [5, 5.41) is 2.83. The molecule has 2 N–H and O–H groups in total. The van der Waals surface area contributed by atoms with E-state index in [-0.39, 0.29) is 10.9 Å². The molecule has 2 amide bonds. The summed E-state index contributed by atoms with van der Waals surface area (Å²) in [6, 6.07) is 6.41. The molecule has 2 rings (SSSR count). The third kappa shape index (κ3) is 3.49. The Bertz CT molecular complexity index is 563. The van der Waals surface area contributed by atoms with Crippen LogP contribution in [0.5, 0.6) is 0 Å². The maximum Gasteiger partial charge on any atom is 0.317 e. The first-order valence-electron chi connectivity index (χ1n) is 6.58. The average molecular weight is 297 g/mol. The lowest BCUT2D eigenvalue weighted by Gasteiger charge is -2.16. The lowest BCUT2D eigenvalue weighted by atomic mass is 10.2. The van der Waals surface area contributed by atoms with E-state index in [0.29, 0.717) is 6.54 Å². The minimum Gasteiger partial charge on any atom is -0.334 e. The molecule has 1 saturated heterocycles. The van der Waals surface area contributed by atoms with E-state index in [1.54, 1.807) is 17.0 Å². The molecule has 0 spiro atoms. The molecule has 1 fully saturated rings. The van der Waals surface area contributed by atoms with Gasteiger partial charge in [0.05, 0.1) is 4.90 Å². The molecule has 0 radical (unpaired) electrons. The van der Waals surface area contributed by atoms with E-state index in [1.165, 1.54) is 19.2 Å². The van der Waals surface area contributed by atoms with E-state index >= 15 is 0 Å². The number of urea groups is 1. The molecule has 0 aliphatic carbocycles. The van der Waals surface area contributed by atoms with Gasteiger partial charge in [-0.25, -0.2) is 17.9 Å². The van der Waals surface area contributed by atoms with Gasteiger partial charge in [-0.3, -0.25) is 0 Å². The van der Waals surface area contributed by atoms with Gasteiger partial charge in [0.25, 0.3) is 0 Å². The Hall–Kier alpha value is -1.60. The maximum absolute atomic E-state index is 11.8. The average Bonchev–Trinajstić information content (AvgIpc) is 2.99. The van der Waals surface area contributed by atoms with Crippen molar-refractivity contribution in [3.05, 3.63) is 29.8 Å². The molecule has 1 aliphatic rings. The molecule has 1 heterocycles. The number of carbonyl (C=O) groups is 1. The lowest BCUT2D eigenvalue weighted by Crippen LogP contribution is -2.37. The van der Waals surface area contributed by atoms with Gasteiger partial charge in [0.2, 0.25) is 10.0 Å². The number of hydrogen-bond acceptors (Lipinski definition) is 3. The predicted molar refractivity (Wildman–Crippen MR) is 75.7 cm³/mol. The fourth-order valence-corrected chi connectivity index (χ4v) is 2.84. The molecular weight excluding hydrogens is 278 g/mol. The van der Waals surface area contributed by atoms with Gasteiger partial charge < -0.3 is 10.2 Å². The maximum atomic E-state index is 11.8. The van der Waals surface area contributed by atoms with Gasteiger partial charge in [-0.15, -0.1) is 0 Å². The highest BCUT2D eigenvalue weighted by atomic mass is 32.2. The van der Waals surface area contributed by atoms with E-state index < -0.39 is 10.0 Å². The van der Waals surface area contributed by atoms with Crippen LogP contribution in [0.2, 0.25) is 0 Å². The zero-order chi connectivity index (χ0) is 14.6. The molecule has 0 unspecified atom stereocenters. The van der Waals surface area contributed by atoms with Crippen molar-refractivity contribution in [3.8, 4) is 0 Å². The number of hydrogen-bond donors (Lipinski definition) is 2. The molecule has 0 atom stereocenters. The lowest BCUT2D eigenvalue weighted by molar-refractivity contribution is 0.208. The normalized spacial score (nSPS) is 15.3. The Labute approximate surface area is 119 Å². The fourth-order valence-electron chi connectivity index (χ4n) is 2.11. The Morgan fingerprint density at radius 2 is 1.80 bits per heavy atom. The first-order valence-corrected chi connectivity index (χ1v) is 8.06. The highest BCUT2D eigenvalue weighted by Crippen LogP contribution is 2.11. The summed E-state index contributed by atoms with van der Waals surface area (Å²) in [5.41, 5.74) is 0.868. The third-order valence-corrected chi connectivity index (χ3v) is 4.77. The summed E-state index contributed by atoms with van der Waals surface area (Å²) in [6.07, 6.45) is 2.12. The Morgan fingerprint density at radius 1 is 1.20 bits per heavy atom. The number of likely N-dealkylation sites (tertiary alicyclic amines) is 1. The second-order valence-corrected chi connectivity index (χ2v) is 6.59. The highest BCUT2D eigenvalue weighted by molar-refractivity contribution is 7.89. The Balaban J connectivity index is 1.92. The fraction of sp³-hybridized carbons (Fsp3) is 0.462. The third-order valence-electron chi connectivity index (χ3n) is 3.34. The zero-order valence-electron chi connectivity index (χ0n) is 11.4. The number of carbonyl (C=O) groups excluding carboxylic acids is 1. The van der Waals surface area contributed by atoms with Crippen molar-refractivity contribution < 1.29 is 13.2 Å². The van der Waals surface area contributed by atoms with E-state index in [2.05, 4.69) is 10.0 Å². The molecule has 7 heteroatoms. The molecule has 1 aliphatic heterocycles. The van der Waals surface area contributed by atoms with Crippen LogP contribution in [0, 0.1) is 0 Å². The number of benzene rings is 1. The van der Waals surface area contributed by atoms with Crippen molar-refractivity contribution in [2.75, 3.05) is 20.1 Å². The predicted octanol–water partition coefficient (Wildman–Crippen LogP) is 0.900. The van der Waals surface area contributed by atoms with E-state index in [9.17, 15) is 13.2 Å². The minimum atomic E-state index is -3.40. The Kier molecular flexibility index (Phi) is 4.61.